The van der Waals surface area contributed by atoms with Gasteiger partial charge in [0, 0.05) is 15.6 Å². The van der Waals surface area contributed by atoms with Crippen molar-refractivity contribution in [2.45, 2.75) is 19.1 Å². The van der Waals surface area contributed by atoms with E-state index in [4.69, 9.17) is 4.74 Å². The molecule has 4 aromatic rings. The minimum atomic E-state index is -0.246. The Bertz CT molecular complexity index is 1310. The molecule has 0 saturated carbocycles. The van der Waals surface area contributed by atoms with Gasteiger partial charge in [-0.15, -0.1) is 0 Å². The largest absolute Gasteiger partial charge is 0.480 e. The molecule has 1 aromatic heterocycles. The zero-order valence-electron chi connectivity index (χ0n) is 16.8. The van der Waals surface area contributed by atoms with Crippen LogP contribution in [-0.2, 0) is 0 Å². The molecule has 0 radical (unpaired) electrons. The van der Waals surface area contributed by atoms with Gasteiger partial charge in [0.25, 0.3) is 0 Å². The molecule has 6 heteroatoms. The normalized spacial score (nSPS) is 19.0. The lowest BCUT2D eigenvalue weighted by atomic mass is 9.84. The molecule has 1 N–H and O–H groups in total. The van der Waals surface area contributed by atoms with Gasteiger partial charge in [0.05, 0.1) is 5.70 Å². The SMILES string of the molecule is Cc1ccc([C@H]2Oc3ccccc3C3=C2[C@@H](c2ccc(Br)cc2)n2ncnc2N3)cc1. The lowest BCUT2D eigenvalue weighted by Crippen LogP contribution is -2.32. The number of anilines is 1. The van der Waals surface area contributed by atoms with Gasteiger partial charge in [0.15, 0.2) is 0 Å². The molecule has 152 valence electrons. The molecule has 2 aliphatic rings. The summed E-state index contributed by atoms with van der Waals surface area (Å²) in [6.07, 6.45) is 1.35. The molecule has 0 unspecified atom stereocenters. The zero-order valence-corrected chi connectivity index (χ0v) is 18.4. The molecule has 2 aliphatic heterocycles. The Labute approximate surface area is 188 Å². The number of halogens is 1. The number of hydrogen-bond donors (Lipinski definition) is 1. The number of aryl methyl sites for hydroxylation is 1. The quantitative estimate of drug-likeness (QED) is 0.395. The Morgan fingerprint density at radius 1 is 0.935 bits per heavy atom. The highest BCUT2D eigenvalue weighted by Crippen LogP contribution is 2.50. The molecule has 3 aromatic carbocycles. The molecule has 3 heterocycles. The summed E-state index contributed by atoms with van der Waals surface area (Å²) < 4.78 is 9.61. The Balaban J connectivity index is 1.62. The fraction of sp³-hybridized carbons (Fsp3) is 0.120. The van der Waals surface area contributed by atoms with Crippen LogP contribution < -0.4 is 10.1 Å². The minimum absolute atomic E-state index is 0.137. The fourth-order valence-electron chi connectivity index (χ4n) is 4.40. The van der Waals surface area contributed by atoms with E-state index in [2.05, 4.69) is 92.9 Å². The molecule has 5 nitrogen and oxygen atoms in total. The van der Waals surface area contributed by atoms with Crippen LogP contribution in [0, 0.1) is 6.92 Å². The Hall–Kier alpha value is -3.38. The van der Waals surface area contributed by atoms with E-state index < -0.39 is 0 Å². The average molecular weight is 471 g/mol. The lowest BCUT2D eigenvalue weighted by molar-refractivity contribution is 0.223. The van der Waals surface area contributed by atoms with Crippen molar-refractivity contribution in [3.8, 4) is 5.75 Å². The third-order valence-electron chi connectivity index (χ3n) is 5.89. The number of hydrogen-bond acceptors (Lipinski definition) is 4. The molecule has 31 heavy (non-hydrogen) atoms. The summed E-state index contributed by atoms with van der Waals surface area (Å²) in [5, 5.41) is 8.10. The summed E-state index contributed by atoms with van der Waals surface area (Å²) in [4.78, 5) is 4.48. The first-order valence-corrected chi connectivity index (χ1v) is 11.0. The summed E-state index contributed by atoms with van der Waals surface area (Å²) in [6, 6.07) is 25.0. The van der Waals surface area contributed by atoms with Gasteiger partial charge in [-0.3, -0.25) is 0 Å². The maximum Gasteiger partial charge on any atom is 0.226 e. The average Bonchev–Trinajstić information content (AvgIpc) is 3.27. The van der Waals surface area contributed by atoms with Crippen molar-refractivity contribution in [3.05, 3.63) is 111 Å². The Morgan fingerprint density at radius 3 is 2.48 bits per heavy atom. The van der Waals surface area contributed by atoms with Crippen LogP contribution in [0.15, 0.2) is 89.2 Å². The molecule has 0 fully saturated rings. The number of fused-ring (bicyclic) bond motifs is 3. The summed E-state index contributed by atoms with van der Waals surface area (Å²) >= 11 is 3.56. The maximum atomic E-state index is 6.63. The first kappa shape index (κ1) is 18.4. The zero-order chi connectivity index (χ0) is 20.9. The highest BCUT2D eigenvalue weighted by atomic mass is 79.9. The molecule has 0 spiro atoms. The van der Waals surface area contributed by atoms with Gasteiger partial charge in [-0.2, -0.15) is 10.1 Å². The van der Waals surface area contributed by atoms with Gasteiger partial charge in [0.1, 0.15) is 24.2 Å². The van der Waals surface area contributed by atoms with Crippen LogP contribution in [0.4, 0.5) is 5.95 Å². The van der Waals surface area contributed by atoms with Crippen molar-refractivity contribution < 1.29 is 4.74 Å². The smallest absolute Gasteiger partial charge is 0.226 e. The molecule has 2 atom stereocenters. The second kappa shape index (κ2) is 7.10. The van der Waals surface area contributed by atoms with Crippen molar-refractivity contribution in [2.24, 2.45) is 0 Å². The van der Waals surface area contributed by atoms with Crippen molar-refractivity contribution in [1.82, 2.24) is 14.8 Å². The highest BCUT2D eigenvalue weighted by Gasteiger charge is 2.40. The first-order chi connectivity index (χ1) is 15.2. The second-order valence-electron chi connectivity index (χ2n) is 7.84. The minimum Gasteiger partial charge on any atom is -0.480 e. The number of benzene rings is 3. The van der Waals surface area contributed by atoms with Gasteiger partial charge < -0.3 is 10.1 Å². The molecule has 6 rings (SSSR count). The van der Waals surface area contributed by atoms with Gasteiger partial charge in [0.2, 0.25) is 5.95 Å². The first-order valence-electron chi connectivity index (χ1n) is 10.2. The number of aromatic nitrogens is 3. The van der Waals surface area contributed by atoms with E-state index in [1.165, 1.54) is 5.56 Å². The summed E-state index contributed by atoms with van der Waals surface area (Å²) in [6.45, 7) is 2.10. The van der Waals surface area contributed by atoms with Crippen LogP contribution in [0.1, 0.15) is 34.4 Å². The topological polar surface area (TPSA) is 52.0 Å². The van der Waals surface area contributed by atoms with Crippen LogP contribution in [0.5, 0.6) is 5.75 Å². The predicted molar refractivity (Wildman–Crippen MR) is 124 cm³/mol. The molecule has 0 aliphatic carbocycles. The standard InChI is InChI=1S/C25H19BrN4O/c1-15-6-8-17(9-7-15)24-21-22(19-4-2-3-5-20(19)31-24)29-25-27-14-28-30(25)23(21)16-10-12-18(26)13-11-16/h2-14,23-24H,1H3,(H,27,28,29)/t23-,24-/m1/s1. The molecule has 0 bridgehead atoms. The molecule has 0 amide bonds. The number of rotatable bonds is 2. The number of para-hydroxylation sites is 1. The molecular formula is C25H19BrN4O. The van der Waals surface area contributed by atoms with Gasteiger partial charge in [-0.1, -0.05) is 70.0 Å². The summed E-state index contributed by atoms with van der Waals surface area (Å²) in [5.74, 6) is 1.59. The van der Waals surface area contributed by atoms with Crippen molar-refractivity contribution in [2.75, 3.05) is 5.32 Å². The van der Waals surface area contributed by atoms with E-state index in [-0.39, 0.29) is 12.1 Å². The van der Waals surface area contributed by atoms with E-state index in [0.717, 1.165) is 44.1 Å². The van der Waals surface area contributed by atoms with Crippen LogP contribution in [0.25, 0.3) is 5.70 Å². The van der Waals surface area contributed by atoms with Crippen LogP contribution in [-0.4, -0.2) is 14.8 Å². The van der Waals surface area contributed by atoms with Gasteiger partial charge in [-0.25, -0.2) is 4.68 Å². The lowest BCUT2D eigenvalue weighted by Gasteiger charge is -2.39. The van der Waals surface area contributed by atoms with Gasteiger partial charge >= 0.3 is 0 Å². The van der Waals surface area contributed by atoms with Crippen molar-refractivity contribution >= 4 is 27.6 Å². The third-order valence-corrected chi connectivity index (χ3v) is 6.42. The van der Waals surface area contributed by atoms with E-state index in [1.54, 1.807) is 6.33 Å². The Kier molecular flexibility index (Phi) is 4.21. The van der Waals surface area contributed by atoms with E-state index >= 15 is 0 Å². The summed E-state index contributed by atoms with van der Waals surface area (Å²) in [7, 11) is 0. The second-order valence-corrected chi connectivity index (χ2v) is 8.76. The number of nitrogens with one attached hydrogen (secondary N) is 1. The molecule has 0 saturated heterocycles. The maximum absolute atomic E-state index is 6.63. The number of nitrogens with zero attached hydrogens (tertiary/aromatic N) is 3. The van der Waals surface area contributed by atoms with Crippen molar-refractivity contribution in [3.63, 3.8) is 0 Å². The monoisotopic (exact) mass is 470 g/mol. The predicted octanol–water partition coefficient (Wildman–Crippen LogP) is 5.91. The summed E-state index contributed by atoms with van der Waals surface area (Å²) in [5.41, 5.74) is 6.67. The fourth-order valence-corrected chi connectivity index (χ4v) is 4.66. The third kappa shape index (κ3) is 2.98. The van der Waals surface area contributed by atoms with Crippen LogP contribution >= 0.6 is 15.9 Å². The van der Waals surface area contributed by atoms with E-state index in [9.17, 15) is 0 Å². The van der Waals surface area contributed by atoms with Crippen LogP contribution in [0.2, 0.25) is 0 Å². The van der Waals surface area contributed by atoms with Gasteiger partial charge in [-0.05, 0) is 42.3 Å². The number of ether oxygens (including phenoxy) is 1. The highest BCUT2D eigenvalue weighted by molar-refractivity contribution is 9.10. The molecular weight excluding hydrogens is 452 g/mol. The Morgan fingerprint density at radius 2 is 1.68 bits per heavy atom. The van der Waals surface area contributed by atoms with Crippen LogP contribution in [0.3, 0.4) is 0 Å². The van der Waals surface area contributed by atoms with E-state index in [1.807, 2.05) is 22.9 Å². The van der Waals surface area contributed by atoms with E-state index in [0.29, 0.717) is 0 Å². The van der Waals surface area contributed by atoms with Crippen molar-refractivity contribution in [1.29, 1.82) is 0 Å².